The maximum Gasteiger partial charge on any atom is 0.254 e. The highest BCUT2D eigenvalue weighted by atomic mass is 19.1. The lowest BCUT2D eigenvalue weighted by molar-refractivity contribution is -0.0340. The third-order valence-corrected chi connectivity index (χ3v) is 4.87. The van der Waals surface area contributed by atoms with Crippen molar-refractivity contribution in [2.45, 2.75) is 20.0 Å². The molecule has 0 spiro atoms. The van der Waals surface area contributed by atoms with E-state index in [4.69, 9.17) is 4.74 Å². The third kappa shape index (κ3) is 5.63. The van der Waals surface area contributed by atoms with Crippen LogP contribution in [0.1, 0.15) is 34.6 Å². The van der Waals surface area contributed by atoms with Crippen molar-refractivity contribution in [3.8, 4) is 0 Å². The minimum absolute atomic E-state index is 0.205. The van der Waals surface area contributed by atoms with E-state index in [-0.39, 0.29) is 41.5 Å². The first-order valence-electron chi connectivity index (χ1n) is 10.0. The molecule has 2 aromatic rings. The van der Waals surface area contributed by atoms with Crippen LogP contribution in [0.3, 0.4) is 0 Å². The lowest BCUT2D eigenvalue weighted by atomic mass is 10.1. The zero-order valence-corrected chi connectivity index (χ0v) is 17.2. The van der Waals surface area contributed by atoms with Crippen molar-refractivity contribution in [3.05, 3.63) is 71.3 Å². The summed E-state index contributed by atoms with van der Waals surface area (Å²) in [6.07, 6.45) is -0.382. The van der Waals surface area contributed by atoms with Gasteiger partial charge >= 0.3 is 0 Å². The van der Waals surface area contributed by atoms with Crippen LogP contribution in [0.25, 0.3) is 0 Å². The van der Waals surface area contributed by atoms with Crippen LogP contribution in [-0.4, -0.2) is 60.5 Å². The summed E-state index contributed by atoms with van der Waals surface area (Å²) < 4.78 is 32.9. The molecule has 1 fully saturated rings. The molecule has 1 aliphatic rings. The van der Waals surface area contributed by atoms with Gasteiger partial charge < -0.3 is 14.5 Å². The Hall–Kier alpha value is -2.80. The summed E-state index contributed by atoms with van der Waals surface area (Å²) in [5, 5.41) is 0. The fourth-order valence-corrected chi connectivity index (χ4v) is 3.55. The van der Waals surface area contributed by atoms with Crippen LogP contribution in [0.4, 0.5) is 8.78 Å². The Labute approximate surface area is 175 Å². The molecule has 0 bridgehead atoms. The highest BCUT2D eigenvalue weighted by Crippen LogP contribution is 2.16. The second-order valence-corrected chi connectivity index (χ2v) is 7.87. The van der Waals surface area contributed by atoms with Crippen LogP contribution < -0.4 is 0 Å². The second kappa shape index (κ2) is 9.80. The van der Waals surface area contributed by atoms with E-state index < -0.39 is 11.6 Å². The van der Waals surface area contributed by atoms with Gasteiger partial charge in [0.25, 0.3) is 11.8 Å². The summed E-state index contributed by atoms with van der Waals surface area (Å²) in [6, 6.07) is 11.2. The van der Waals surface area contributed by atoms with Crippen LogP contribution in [0, 0.1) is 17.6 Å². The molecule has 7 heteroatoms. The summed E-state index contributed by atoms with van der Waals surface area (Å²) in [4.78, 5) is 29.0. The molecule has 30 heavy (non-hydrogen) atoms. The average molecular weight is 416 g/mol. The molecule has 160 valence electrons. The van der Waals surface area contributed by atoms with Crippen molar-refractivity contribution < 1.29 is 23.1 Å². The van der Waals surface area contributed by atoms with E-state index in [9.17, 15) is 18.4 Å². The van der Waals surface area contributed by atoms with Gasteiger partial charge in [-0.25, -0.2) is 8.78 Å². The molecule has 5 nitrogen and oxygen atoms in total. The molecule has 0 saturated carbocycles. The van der Waals surface area contributed by atoms with Crippen molar-refractivity contribution in [2.24, 2.45) is 5.92 Å². The summed E-state index contributed by atoms with van der Waals surface area (Å²) >= 11 is 0. The highest BCUT2D eigenvalue weighted by Gasteiger charge is 2.29. The predicted molar refractivity (Wildman–Crippen MR) is 109 cm³/mol. The molecular weight excluding hydrogens is 390 g/mol. The van der Waals surface area contributed by atoms with Gasteiger partial charge in [0.15, 0.2) is 0 Å². The zero-order valence-electron chi connectivity index (χ0n) is 17.2. The Morgan fingerprint density at radius 3 is 2.37 bits per heavy atom. The smallest absolute Gasteiger partial charge is 0.254 e. The number of carbonyl (C=O) groups excluding carboxylic acids is 2. The van der Waals surface area contributed by atoms with Gasteiger partial charge in [-0.15, -0.1) is 0 Å². The number of rotatable bonds is 6. The van der Waals surface area contributed by atoms with E-state index >= 15 is 0 Å². The van der Waals surface area contributed by atoms with Crippen LogP contribution >= 0.6 is 0 Å². The van der Waals surface area contributed by atoms with Crippen LogP contribution in [0.5, 0.6) is 0 Å². The molecule has 1 saturated heterocycles. The standard InChI is InChI=1S/C23H26F2N2O3/c1-16(2)13-27(23(29)18-6-4-8-20(25)12-18)15-21-14-26(9-10-30-21)22(28)17-5-3-7-19(24)11-17/h3-8,11-12,16,21H,9-10,13-15H2,1-2H3/t21-/m1/s1. The van der Waals surface area contributed by atoms with Crippen LogP contribution in [-0.2, 0) is 4.74 Å². The normalized spacial score (nSPS) is 16.6. The zero-order chi connectivity index (χ0) is 21.7. The van der Waals surface area contributed by atoms with Crippen molar-refractivity contribution in [1.29, 1.82) is 0 Å². The van der Waals surface area contributed by atoms with E-state index in [0.29, 0.717) is 26.2 Å². The van der Waals surface area contributed by atoms with Gasteiger partial charge in [-0.05, 0) is 42.3 Å². The molecule has 2 amide bonds. The number of carbonyl (C=O) groups is 2. The van der Waals surface area contributed by atoms with Gasteiger partial charge in [-0.2, -0.15) is 0 Å². The first kappa shape index (κ1) is 21.9. The summed E-state index contributed by atoms with van der Waals surface area (Å²) in [5.41, 5.74) is 0.560. The minimum Gasteiger partial charge on any atom is -0.373 e. The number of morpholine rings is 1. The maximum atomic E-state index is 13.6. The number of amides is 2. The molecule has 1 heterocycles. The van der Waals surface area contributed by atoms with E-state index in [2.05, 4.69) is 0 Å². The molecule has 0 radical (unpaired) electrons. The van der Waals surface area contributed by atoms with Crippen molar-refractivity contribution in [3.63, 3.8) is 0 Å². The van der Waals surface area contributed by atoms with Gasteiger partial charge in [0, 0.05) is 37.3 Å². The van der Waals surface area contributed by atoms with E-state index in [1.165, 1.54) is 36.4 Å². The second-order valence-electron chi connectivity index (χ2n) is 7.87. The molecule has 0 aliphatic carbocycles. The Bertz CT molecular complexity index is 904. The molecule has 3 rings (SSSR count). The summed E-state index contributed by atoms with van der Waals surface area (Å²) in [6.45, 7) is 5.76. The number of hydrogen-bond donors (Lipinski definition) is 0. The van der Waals surface area contributed by atoms with E-state index in [0.717, 1.165) is 0 Å². The molecule has 0 N–H and O–H groups in total. The van der Waals surface area contributed by atoms with Gasteiger partial charge in [-0.3, -0.25) is 9.59 Å². The van der Waals surface area contributed by atoms with Crippen LogP contribution in [0.15, 0.2) is 48.5 Å². The molecule has 0 aromatic heterocycles. The van der Waals surface area contributed by atoms with Gasteiger partial charge in [0.1, 0.15) is 11.6 Å². The molecule has 1 aliphatic heterocycles. The van der Waals surface area contributed by atoms with Gasteiger partial charge in [0.05, 0.1) is 12.7 Å². The maximum absolute atomic E-state index is 13.6. The highest BCUT2D eigenvalue weighted by molar-refractivity contribution is 5.95. The van der Waals surface area contributed by atoms with E-state index in [1.807, 2.05) is 13.8 Å². The van der Waals surface area contributed by atoms with Crippen molar-refractivity contribution >= 4 is 11.8 Å². The Kier molecular flexibility index (Phi) is 7.15. The van der Waals surface area contributed by atoms with Crippen LogP contribution in [0.2, 0.25) is 0 Å². The molecule has 0 unspecified atom stereocenters. The topological polar surface area (TPSA) is 49.9 Å². The largest absolute Gasteiger partial charge is 0.373 e. The minimum atomic E-state index is -0.467. The average Bonchev–Trinajstić information content (AvgIpc) is 2.72. The predicted octanol–water partition coefficient (Wildman–Crippen LogP) is 3.60. The van der Waals surface area contributed by atoms with E-state index in [1.54, 1.807) is 21.9 Å². The molecular formula is C23H26F2N2O3. The molecule has 2 aromatic carbocycles. The van der Waals surface area contributed by atoms with Crippen molar-refractivity contribution in [1.82, 2.24) is 9.80 Å². The third-order valence-electron chi connectivity index (χ3n) is 4.87. The number of ether oxygens (including phenoxy) is 1. The fourth-order valence-electron chi connectivity index (χ4n) is 3.55. The first-order valence-corrected chi connectivity index (χ1v) is 10.0. The Balaban J connectivity index is 1.71. The first-order chi connectivity index (χ1) is 14.3. The van der Waals surface area contributed by atoms with Crippen molar-refractivity contribution in [2.75, 3.05) is 32.8 Å². The Morgan fingerprint density at radius 1 is 1.10 bits per heavy atom. The Morgan fingerprint density at radius 2 is 1.73 bits per heavy atom. The number of halogens is 2. The SMILES string of the molecule is CC(C)CN(C[C@H]1CN(C(=O)c2cccc(F)c2)CCO1)C(=O)c1cccc(F)c1. The summed E-state index contributed by atoms with van der Waals surface area (Å²) in [7, 11) is 0. The number of nitrogens with zero attached hydrogens (tertiary/aromatic N) is 2. The number of hydrogen-bond acceptors (Lipinski definition) is 3. The monoisotopic (exact) mass is 416 g/mol. The quantitative estimate of drug-likeness (QED) is 0.723. The lowest BCUT2D eigenvalue weighted by Crippen LogP contribution is -2.51. The molecule has 1 atom stereocenters. The van der Waals surface area contributed by atoms with Gasteiger partial charge in [0.2, 0.25) is 0 Å². The fraction of sp³-hybridized carbons (Fsp3) is 0.391. The summed E-state index contributed by atoms with van der Waals surface area (Å²) in [5.74, 6) is -1.27. The number of benzene rings is 2. The lowest BCUT2D eigenvalue weighted by Gasteiger charge is -2.36. The van der Waals surface area contributed by atoms with Gasteiger partial charge in [-0.1, -0.05) is 26.0 Å².